The van der Waals surface area contributed by atoms with Crippen LogP contribution in [0.15, 0.2) is 18.3 Å². The summed E-state index contributed by atoms with van der Waals surface area (Å²) < 4.78 is 0. The van der Waals surface area contributed by atoms with Crippen molar-refractivity contribution >= 4 is 17.8 Å². The van der Waals surface area contributed by atoms with Crippen LogP contribution in [0.1, 0.15) is 69.3 Å². The summed E-state index contributed by atoms with van der Waals surface area (Å²) >= 11 is 0. The predicted molar refractivity (Wildman–Crippen MR) is 96.5 cm³/mol. The van der Waals surface area contributed by atoms with Gasteiger partial charge in [-0.2, -0.15) is 0 Å². The second kappa shape index (κ2) is 7.16. The molecule has 1 fully saturated rings. The van der Waals surface area contributed by atoms with Crippen molar-refractivity contribution in [3.05, 3.63) is 29.5 Å². The van der Waals surface area contributed by atoms with Gasteiger partial charge in [0, 0.05) is 18.3 Å². The van der Waals surface area contributed by atoms with E-state index in [1.807, 2.05) is 12.1 Å². The van der Waals surface area contributed by atoms with Gasteiger partial charge in [-0.3, -0.25) is 4.79 Å². The third kappa shape index (κ3) is 3.92. The Labute approximate surface area is 139 Å². The number of primary amides is 1. The van der Waals surface area contributed by atoms with Gasteiger partial charge >= 0.3 is 0 Å². The van der Waals surface area contributed by atoms with E-state index in [0.29, 0.717) is 11.5 Å². The van der Waals surface area contributed by atoms with Crippen LogP contribution in [-0.2, 0) is 0 Å². The molecule has 2 N–H and O–H groups in total. The summed E-state index contributed by atoms with van der Waals surface area (Å²) in [6, 6.07) is 1.87. The zero-order chi connectivity index (χ0) is 17.0. The van der Waals surface area contributed by atoms with Gasteiger partial charge in [0.1, 0.15) is 5.82 Å². The van der Waals surface area contributed by atoms with Crippen LogP contribution in [0.4, 0.5) is 5.82 Å². The maximum Gasteiger partial charge on any atom is 0.253 e. The molecule has 4 nitrogen and oxygen atoms in total. The fourth-order valence-corrected chi connectivity index (χ4v) is 3.55. The van der Waals surface area contributed by atoms with Gasteiger partial charge in [0.05, 0.1) is 5.56 Å². The highest BCUT2D eigenvalue weighted by molar-refractivity contribution is 6.01. The molecule has 1 atom stereocenters. The van der Waals surface area contributed by atoms with E-state index in [1.54, 1.807) is 6.20 Å². The van der Waals surface area contributed by atoms with Crippen LogP contribution in [0.3, 0.4) is 0 Å². The average Bonchev–Trinajstić information content (AvgIpc) is 2.75. The van der Waals surface area contributed by atoms with Gasteiger partial charge in [-0.25, -0.2) is 4.98 Å². The van der Waals surface area contributed by atoms with Crippen molar-refractivity contribution in [2.45, 2.75) is 58.9 Å². The summed E-state index contributed by atoms with van der Waals surface area (Å²) in [7, 11) is 0. The molecular weight excluding hydrogens is 286 g/mol. The molecule has 0 radical (unpaired) electrons. The number of unbranched alkanes of at least 4 members (excludes halogenated alkanes) is 2. The van der Waals surface area contributed by atoms with Crippen LogP contribution in [-0.4, -0.2) is 23.0 Å². The normalized spacial score (nSPS) is 20.3. The van der Waals surface area contributed by atoms with Crippen molar-refractivity contribution in [3.8, 4) is 0 Å². The molecule has 0 bridgehead atoms. The first-order valence-corrected chi connectivity index (χ1v) is 8.59. The smallest absolute Gasteiger partial charge is 0.253 e. The highest BCUT2D eigenvalue weighted by Gasteiger charge is 2.38. The van der Waals surface area contributed by atoms with Crippen molar-refractivity contribution < 1.29 is 4.79 Å². The first-order valence-electron chi connectivity index (χ1n) is 8.59. The van der Waals surface area contributed by atoms with Crippen LogP contribution in [0.2, 0.25) is 0 Å². The Morgan fingerprint density at radius 2 is 2.26 bits per heavy atom. The fraction of sp³-hybridized carbons (Fsp3) is 0.579. The molecule has 1 saturated heterocycles. The molecule has 0 aromatic carbocycles. The standard InChI is InChI=1S/C19H29N3O/c1-5-6-7-8-9-15-10-11-21-18(16(15)17(20)23)22-13-14(2)12-19(22,3)4/h8-11,14H,5-7,12-13H2,1-4H3,(H2,20,23)/b9-8+/t14-/m0/s1. The maximum atomic E-state index is 12.1. The lowest BCUT2D eigenvalue weighted by molar-refractivity contribution is 0.1000. The van der Waals surface area contributed by atoms with E-state index in [1.165, 1.54) is 0 Å². The minimum Gasteiger partial charge on any atom is -0.365 e. The summed E-state index contributed by atoms with van der Waals surface area (Å²) in [6.07, 6.45) is 10.3. The number of pyridine rings is 1. The lowest BCUT2D eigenvalue weighted by atomic mass is 9.97. The van der Waals surface area contributed by atoms with E-state index in [4.69, 9.17) is 5.73 Å². The van der Waals surface area contributed by atoms with Crippen molar-refractivity contribution in [1.29, 1.82) is 0 Å². The number of hydrogen-bond acceptors (Lipinski definition) is 3. The quantitative estimate of drug-likeness (QED) is 0.807. The van der Waals surface area contributed by atoms with Gasteiger partial charge in [0.25, 0.3) is 5.91 Å². The van der Waals surface area contributed by atoms with Crippen molar-refractivity contribution in [2.24, 2.45) is 11.7 Å². The highest BCUT2D eigenvalue weighted by Crippen LogP contribution is 2.37. The number of hydrogen-bond donors (Lipinski definition) is 1. The third-order valence-electron chi connectivity index (χ3n) is 4.56. The van der Waals surface area contributed by atoms with Gasteiger partial charge in [-0.15, -0.1) is 0 Å². The SMILES string of the molecule is CCCC/C=C/c1ccnc(N2C[C@@H](C)CC2(C)C)c1C(N)=O. The molecular formula is C19H29N3O. The molecule has 23 heavy (non-hydrogen) atoms. The van der Waals surface area contributed by atoms with E-state index >= 15 is 0 Å². The van der Waals surface area contributed by atoms with Crippen molar-refractivity contribution in [1.82, 2.24) is 4.98 Å². The molecule has 126 valence electrons. The van der Waals surface area contributed by atoms with Gasteiger partial charge in [-0.1, -0.05) is 38.8 Å². The second-order valence-electron chi connectivity index (χ2n) is 7.24. The fourth-order valence-electron chi connectivity index (χ4n) is 3.55. The Morgan fingerprint density at radius 1 is 1.52 bits per heavy atom. The summed E-state index contributed by atoms with van der Waals surface area (Å²) in [4.78, 5) is 18.8. The summed E-state index contributed by atoms with van der Waals surface area (Å²) in [6.45, 7) is 9.72. The van der Waals surface area contributed by atoms with Crippen LogP contribution in [0.25, 0.3) is 6.08 Å². The van der Waals surface area contributed by atoms with E-state index in [-0.39, 0.29) is 5.54 Å². The Balaban J connectivity index is 2.40. The number of allylic oxidation sites excluding steroid dienone is 1. The van der Waals surface area contributed by atoms with Crippen molar-refractivity contribution in [2.75, 3.05) is 11.4 Å². The van der Waals surface area contributed by atoms with Gasteiger partial charge < -0.3 is 10.6 Å². The second-order valence-corrected chi connectivity index (χ2v) is 7.24. The van der Waals surface area contributed by atoms with E-state index in [9.17, 15) is 4.79 Å². The number of amides is 1. The molecule has 0 spiro atoms. The molecule has 1 aliphatic rings. The first kappa shape index (κ1) is 17.5. The van der Waals surface area contributed by atoms with Gasteiger partial charge in [0.2, 0.25) is 0 Å². The summed E-state index contributed by atoms with van der Waals surface area (Å²) in [5.41, 5.74) is 7.10. The molecule has 2 heterocycles. The highest BCUT2D eigenvalue weighted by atomic mass is 16.1. The monoisotopic (exact) mass is 315 g/mol. The predicted octanol–water partition coefficient (Wildman–Crippen LogP) is 4.01. The maximum absolute atomic E-state index is 12.1. The lowest BCUT2D eigenvalue weighted by Crippen LogP contribution is -2.40. The topological polar surface area (TPSA) is 59.2 Å². The first-order chi connectivity index (χ1) is 10.9. The van der Waals surface area contributed by atoms with Crippen LogP contribution in [0, 0.1) is 5.92 Å². The number of nitrogens with two attached hydrogens (primary N) is 1. The zero-order valence-corrected chi connectivity index (χ0v) is 14.8. The summed E-state index contributed by atoms with van der Waals surface area (Å²) in [5, 5.41) is 0. The van der Waals surface area contributed by atoms with Crippen LogP contribution in [0.5, 0.6) is 0 Å². The molecule has 4 heteroatoms. The van der Waals surface area contributed by atoms with Crippen molar-refractivity contribution in [3.63, 3.8) is 0 Å². The molecule has 1 aliphatic heterocycles. The van der Waals surface area contributed by atoms with Gasteiger partial charge in [-0.05, 0) is 44.2 Å². The number of rotatable bonds is 6. The van der Waals surface area contributed by atoms with Crippen LogP contribution >= 0.6 is 0 Å². The molecule has 0 saturated carbocycles. The molecule has 1 amide bonds. The molecule has 0 aliphatic carbocycles. The largest absolute Gasteiger partial charge is 0.365 e. The van der Waals surface area contributed by atoms with Gasteiger partial charge in [0.15, 0.2) is 0 Å². The number of aromatic nitrogens is 1. The molecule has 0 unspecified atom stereocenters. The average molecular weight is 315 g/mol. The molecule has 1 aromatic rings. The lowest BCUT2D eigenvalue weighted by Gasteiger charge is -2.33. The van der Waals surface area contributed by atoms with Crippen LogP contribution < -0.4 is 10.6 Å². The third-order valence-corrected chi connectivity index (χ3v) is 4.56. The minimum atomic E-state index is -0.404. The Hall–Kier alpha value is -1.84. The number of nitrogens with zero attached hydrogens (tertiary/aromatic N) is 2. The zero-order valence-electron chi connectivity index (χ0n) is 14.8. The molecule has 1 aromatic heterocycles. The molecule has 2 rings (SSSR count). The van der Waals surface area contributed by atoms with E-state index in [2.05, 4.69) is 43.7 Å². The number of anilines is 1. The Bertz CT molecular complexity index is 592. The number of carbonyl (C=O) groups excluding carboxylic acids is 1. The van der Waals surface area contributed by atoms with E-state index in [0.717, 1.165) is 43.6 Å². The minimum absolute atomic E-state index is 0.0127. The Morgan fingerprint density at radius 3 is 2.83 bits per heavy atom. The summed E-state index contributed by atoms with van der Waals surface area (Å²) in [5.74, 6) is 0.902. The van der Waals surface area contributed by atoms with E-state index < -0.39 is 5.91 Å². The Kier molecular flexibility index (Phi) is 5.45. The number of carbonyl (C=O) groups is 1.